The monoisotopic (exact) mass is 366 g/mol. The van der Waals surface area contributed by atoms with Gasteiger partial charge in [-0.3, -0.25) is 9.78 Å². The Morgan fingerprint density at radius 2 is 1.88 bits per heavy atom. The van der Waals surface area contributed by atoms with Crippen LogP contribution >= 0.6 is 11.8 Å². The zero-order chi connectivity index (χ0) is 18.9. The molecule has 0 spiro atoms. The number of phenolic OH excluding ortho intramolecular Hbond substituents is 1. The van der Waals surface area contributed by atoms with E-state index in [4.69, 9.17) is 0 Å². The number of aromatic hydroxyl groups is 1. The van der Waals surface area contributed by atoms with Gasteiger partial charge in [0.25, 0.3) is 0 Å². The van der Waals surface area contributed by atoms with E-state index in [2.05, 4.69) is 31.1 Å². The number of hydrogen-bond donors (Lipinski definition) is 2. The average Bonchev–Trinajstić information content (AvgIpc) is 2.56. The summed E-state index contributed by atoms with van der Waals surface area (Å²) in [6, 6.07) is 11.0. The normalized spacial score (nSPS) is 11.5. The van der Waals surface area contributed by atoms with Crippen LogP contribution in [0.25, 0.3) is 10.9 Å². The van der Waals surface area contributed by atoms with Crippen LogP contribution in [0.2, 0.25) is 0 Å². The van der Waals surface area contributed by atoms with Gasteiger partial charge in [0.05, 0.1) is 5.52 Å². The number of carbonyl (C=O) groups excluding carboxylic acids is 1. The Labute approximate surface area is 157 Å². The Kier molecular flexibility index (Phi) is 4.92. The fourth-order valence-corrected chi connectivity index (χ4v) is 3.76. The van der Waals surface area contributed by atoms with E-state index in [0.717, 1.165) is 39.0 Å². The molecule has 0 aliphatic carbocycles. The summed E-state index contributed by atoms with van der Waals surface area (Å²) in [5.41, 5.74) is 4.16. The zero-order valence-electron chi connectivity index (χ0n) is 15.3. The second kappa shape index (κ2) is 7.00. The molecule has 4 nitrogen and oxygen atoms in total. The van der Waals surface area contributed by atoms with Crippen molar-refractivity contribution in [3.63, 3.8) is 0 Å². The Bertz CT molecular complexity index is 978. The van der Waals surface area contributed by atoms with E-state index in [1.54, 1.807) is 30.1 Å². The van der Waals surface area contributed by atoms with Crippen LogP contribution in [0.5, 0.6) is 5.75 Å². The molecule has 0 fully saturated rings. The van der Waals surface area contributed by atoms with Crippen LogP contribution in [0, 0.1) is 6.92 Å². The Balaban J connectivity index is 2.12. The lowest BCUT2D eigenvalue weighted by Crippen LogP contribution is -2.07. The number of thioether (sulfide) groups is 1. The first-order valence-corrected chi connectivity index (χ1v) is 9.22. The minimum Gasteiger partial charge on any atom is -0.508 e. The van der Waals surface area contributed by atoms with Crippen LogP contribution in [-0.4, -0.2) is 21.1 Å². The molecule has 5 heteroatoms. The van der Waals surface area contributed by atoms with E-state index in [9.17, 15) is 9.90 Å². The maximum atomic E-state index is 11.5. The zero-order valence-corrected chi connectivity index (χ0v) is 16.1. The molecule has 0 unspecified atom stereocenters. The van der Waals surface area contributed by atoms with Crippen molar-refractivity contribution >= 4 is 40.3 Å². The van der Waals surface area contributed by atoms with Crippen molar-refractivity contribution in [3.05, 3.63) is 53.7 Å². The molecule has 0 aliphatic rings. The summed E-state index contributed by atoms with van der Waals surface area (Å²) in [6.45, 7) is 8.34. The molecule has 0 aliphatic heterocycles. The number of hydrogen-bond acceptors (Lipinski definition) is 5. The van der Waals surface area contributed by atoms with Gasteiger partial charge in [0.15, 0.2) is 6.29 Å². The number of benzene rings is 2. The third kappa shape index (κ3) is 3.99. The van der Waals surface area contributed by atoms with Crippen LogP contribution in [-0.2, 0) is 0 Å². The van der Waals surface area contributed by atoms with Gasteiger partial charge in [-0.25, -0.2) is 0 Å². The second-order valence-corrected chi connectivity index (χ2v) is 9.09. The number of aromatic nitrogens is 1. The van der Waals surface area contributed by atoms with Gasteiger partial charge in [-0.05, 0) is 36.8 Å². The number of rotatable bonds is 4. The molecule has 0 amide bonds. The van der Waals surface area contributed by atoms with Crippen LogP contribution < -0.4 is 5.32 Å². The largest absolute Gasteiger partial charge is 0.508 e. The van der Waals surface area contributed by atoms with Gasteiger partial charge in [0.2, 0.25) is 0 Å². The molecule has 0 saturated carbocycles. The summed E-state index contributed by atoms with van der Waals surface area (Å²) < 4.78 is -0.0109. The molecule has 0 atom stereocenters. The van der Waals surface area contributed by atoms with E-state index in [-0.39, 0.29) is 10.5 Å². The van der Waals surface area contributed by atoms with Gasteiger partial charge >= 0.3 is 0 Å². The molecular formula is C21H22N2O2S. The highest BCUT2D eigenvalue weighted by atomic mass is 32.2. The Morgan fingerprint density at radius 3 is 2.58 bits per heavy atom. The molecule has 2 N–H and O–H groups in total. The molecule has 0 bridgehead atoms. The quantitative estimate of drug-likeness (QED) is 0.458. The predicted octanol–water partition coefficient (Wildman–Crippen LogP) is 5.70. The van der Waals surface area contributed by atoms with Crippen molar-refractivity contribution < 1.29 is 9.90 Å². The van der Waals surface area contributed by atoms with E-state index < -0.39 is 0 Å². The first-order chi connectivity index (χ1) is 12.3. The molecule has 0 saturated heterocycles. The molecular weight excluding hydrogens is 344 g/mol. The highest BCUT2D eigenvalue weighted by molar-refractivity contribution is 8.00. The van der Waals surface area contributed by atoms with Crippen molar-refractivity contribution in [1.29, 1.82) is 0 Å². The number of fused-ring (bicyclic) bond motifs is 1. The summed E-state index contributed by atoms with van der Waals surface area (Å²) in [5.74, 6) is 0.212. The standard InChI is InChI=1S/C21H22N2O2S/c1-13-5-6-15(25)10-18(13)23-17-7-8-22-19-9-14(12-24)20(11-16(17)19)26-21(2,3)4/h5-12,25H,1-4H3,(H,22,23). The smallest absolute Gasteiger partial charge is 0.151 e. The van der Waals surface area contributed by atoms with E-state index >= 15 is 0 Å². The van der Waals surface area contributed by atoms with E-state index in [0.29, 0.717) is 5.56 Å². The SMILES string of the molecule is Cc1ccc(O)cc1Nc1ccnc2cc(C=O)c(SC(C)(C)C)cc12. The molecule has 1 aromatic heterocycles. The summed E-state index contributed by atoms with van der Waals surface area (Å²) in [4.78, 5) is 16.9. The van der Waals surface area contributed by atoms with Crippen molar-refractivity contribution in [2.75, 3.05) is 5.32 Å². The maximum absolute atomic E-state index is 11.5. The number of nitrogens with one attached hydrogen (secondary N) is 1. The second-order valence-electron chi connectivity index (χ2n) is 7.22. The van der Waals surface area contributed by atoms with Gasteiger partial charge in [-0.1, -0.05) is 26.8 Å². The summed E-state index contributed by atoms with van der Waals surface area (Å²) >= 11 is 1.66. The lowest BCUT2D eigenvalue weighted by Gasteiger charge is -2.20. The van der Waals surface area contributed by atoms with Crippen molar-refractivity contribution in [1.82, 2.24) is 4.98 Å². The molecule has 1 heterocycles. The first kappa shape index (κ1) is 18.3. The average molecular weight is 366 g/mol. The van der Waals surface area contributed by atoms with Gasteiger partial charge in [0, 0.05) is 44.2 Å². The fraction of sp³-hybridized carbons (Fsp3) is 0.238. The van der Waals surface area contributed by atoms with Crippen molar-refractivity contribution in [2.24, 2.45) is 0 Å². The van der Waals surface area contributed by atoms with E-state index in [1.165, 1.54) is 0 Å². The predicted molar refractivity (Wildman–Crippen MR) is 109 cm³/mol. The summed E-state index contributed by atoms with van der Waals surface area (Å²) in [5, 5.41) is 14.1. The van der Waals surface area contributed by atoms with Gasteiger partial charge < -0.3 is 10.4 Å². The maximum Gasteiger partial charge on any atom is 0.151 e. The van der Waals surface area contributed by atoms with E-state index in [1.807, 2.05) is 31.2 Å². The molecule has 2 aromatic carbocycles. The number of aryl methyl sites for hydroxylation is 1. The lowest BCUT2D eigenvalue weighted by atomic mass is 10.1. The minimum absolute atomic E-state index is 0.0109. The highest BCUT2D eigenvalue weighted by Crippen LogP contribution is 2.38. The molecule has 3 aromatic rings. The topological polar surface area (TPSA) is 62.2 Å². The number of nitrogens with zero attached hydrogens (tertiary/aromatic N) is 1. The van der Waals surface area contributed by atoms with Gasteiger partial charge in [0.1, 0.15) is 5.75 Å². The third-order valence-corrected chi connectivity index (χ3v) is 5.09. The number of phenols is 1. The number of aldehydes is 1. The Hall–Kier alpha value is -2.53. The number of anilines is 2. The van der Waals surface area contributed by atoms with Gasteiger partial charge in [-0.15, -0.1) is 11.8 Å². The van der Waals surface area contributed by atoms with Crippen LogP contribution in [0.1, 0.15) is 36.7 Å². The molecule has 26 heavy (non-hydrogen) atoms. The molecule has 134 valence electrons. The summed E-state index contributed by atoms with van der Waals surface area (Å²) in [7, 11) is 0. The van der Waals surface area contributed by atoms with Gasteiger partial charge in [-0.2, -0.15) is 0 Å². The van der Waals surface area contributed by atoms with Crippen LogP contribution in [0.15, 0.2) is 47.5 Å². The van der Waals surface area contributed by atoms with Crippen LogP contribution in [0.4, 0.5) is 11.4 Å². The third-order valence-electron chi connectivity index (χ3n) is 3.91. The lowest BCUT2D eigenvalue weighted by molar-refractivity contribution is 0.112. The highest BCUT2D eigenvalue weighted by Gasteiger charge is 2.17. The molecule has 0 radical (unpaired) electrons. The van der Waals surface area contributed by atoms with Crippen LogP contribution in [0.3, 0.4) is 0 Å². The first-order valence-electron chi connectivity index (χ1n) is 8.40. The van der Waals surface area contributed by atoms with Crippen molar-refractivity contribution in [3.8, 4) is 5.75 Å². The molecule has 3 rings (SSSR count). The minimum atomic E-state index is -0.0109. The fourth-order valence-electron chi connectivity index (χ4n) is 2.70. The van der Waals surface area contributed by atoms with Crippen molar-refractivity contribution in [2.45, 2.75) is 37.3 Å². The summed E-state index contributed by atoms with van der Waals surface area (Å²) in [6.07, 6.45) is 2.60. The Morgan fingerprint density at radius 1 is 1.12 bits per heavy atom. The number of pyridine rings is 1. The number of carbonyl (C=O) groups is 1.